The number of aryl methyl sites for hydroxylation is 1. The lowest BCUT2D eigenvalue weighted by molar-refractivity contribution is -0.119. The van der Waals surface area contributed by atoms with Crippen molar-refractivity contribution in [1.29, 1.82) is 0 Å². The van der Waals surface area contributed by atoms with Crippen molar-refractivity contribution in [2.45, 2.75) is 58.7 Å². The number of ketones is 1. The summed E-state index contributed by atoms with van der Waals surface area (Å²) < 4.78 is 29.6. The molecule has 0 radical (unpaired) electrons. The average Bonchev–Trinajstić information content (AvgIpc) is 3.01. The van der Waals surface area contributed by atoms with Gasteiger partial charge in [-0.3, -0.25) is 4.79 Å². The topological polar surface area (TPSA) is 63.2 Å². The number of benzene rings is 2. The largest absolute Gasteiger partial charge is 0.541 e. The van der Waals surface area contributed by atoms with E-state index in [-0.39, 0.29) is 16.7 Å². The Morgan fingerprint density at radius 1 is 0.889 bits per heavy atom. The molecule has 6 nitrogen and oxygen atoms in total. The van der Waals surface area contributed by atoms with Crippen molar-refractivity contribution < 1.29 is 28.2 Å². The minimum absolute atomic E-state index is 0.0229. The van der Waals surface area contributed by atoms with Gasteiger partial charge in [0.15, 0.2) is 17.2 Å². The molecule has 0 aliphatic heterocycles. The molecule has 0 saturated carbocycles. The van der Waals surface area contributed by atoms with Crippen LogP contribution in [0.2, 0.25) is 18.1 Å². The third-order valence-electron chi connectivity index (χ3n) is 7.44. The maximum Gasteiger partial charge on any atom is 0.250 e. The minimum Gasteiger partial charge on any atom is -0.541 e. The van der Waals surface area contributed by atoms with Crippen molar-refractivity contribution in [3.05, 3.63) is 47.0 Å². The maximum atomic E-state index is 12.6. The predicted octanol–water partition coefficient (Wildman–Crippen LogP) is 6.69. The fraction of sp³-hybridized carbons (Fsp3) is 0.483. The van der Waals surface area contributed by atoms with E-state index in [0.717, 1.165) is 22.3 Å². The molecule has 196 valence electrons. The first-order valence-corrected chi connectivity index (χ1v) is 15.2. The first-order valence-electron chi connectivity index (χ1n) is 12.3. The quantitative estimate of drug-likeness (QED) is 0.367. The molecule has 36 heavy (non-hydrogen) atoms. The Kier molecular flexibility index (Phi) is 8.13. The molecular formula is C29H40O6Si. The summed E-state index contributed by atoms with van der Waals surface area (Å²) in [5, 5.41) is 0.0229. The zero-order valence-corrected chi connectivity index (χ0v) is 24.3. The first-order chi connectivity index (χ1) is 16.9. The second-order valence-electron chi connectivity index (χ2n) is 10.7. The first kappa shape index (κ1) is 27.7. The Hall–Kier alpha value is -2.93. The highest BCUT2D eigenvalue weighted by Crippen LogP contribution is 2.49. The fourth-order valence-electron chi connectivity index (χ4n) is 4.29. The molecule has 0 spiro atoms. The monoisotopic (exact) mass is 512 g/mol. The number of carbonyl (C=O) groups excluding carboxylic acids is 1. The van der Waals surface area contributed by atoms with Crippen LogP contribution in [0.3, 0.4) is 0 Å². The van der Waals surface area contributed by atoms with Crippen LogP contribution in [-0.2, 0) is 11.2 Å². The molecule has 0 aromatic heterocycles. The summed E-state index contributed by atoms with van der Waals surface area (Å²) in [4.78, 5) is 12.6. The van der Waals surface area contributed by atoms with Crippen LogP contribution < -0.4 is 23.4 Å². The number of allylic oxidation sites excluding steroid dienone is 1. The standard InChI is InChI=1S/C29H40O6Si/c1-18(30)19-11-12-21-17-25(32-6)27(33-7)28(34-8)26(21)22(15-19)20-13-14-23(31-5)24(16-20)35-36(9,10)29(2,3)4/h13-17,19H,11-12H2,1-10H3. The van der Waals surface area contributed by atoms with E-state index >= 15 is 0 Å². The van der Waals surface area contributed by atoms with E-state index in [1.54, 1.807) is 35.4 Å². The number of ether oxygens (including phenoxy) is 4. The molecule has 2 aromatic carbocycles. The van der Waals surface area contributed by atoms with Gasteiger partial charge in [0.25, 0.3) is 8.32 Å². The predicted molar refractivity (Wildman–Crippen MR) is 146 cm³/mol. The Morgan fingerprint density at radius 2 is 1.53 bits per heavy atom. The normalized spacial score (nSPS) is 15.8. The van der Waals surface area contributed by atoms with E-state index in [0.29, 0.717) is 41.6 Å². The Labute approximate surface area is 216 Å². The van der Waals surface area contributed by atoms with Gasteiger partial charge in [-0.2, -0.15) is 0 Å². The van der Waals surface area contributed by atoms with Crippen molar-refractivity contribution in [3.63, 3.8) is 0 Å². The van der Waals surface area contributed by atoms with E-state index in [4.69, 9.17) is 23.4 Å². The number of hydrogen-bond donors (Lipinski definition) is 0. The van der Waals surface area contributed by atoms with Crippen molar-refractivity contribution in [2.75, 3.05) is 28.4 Å². The van der Waals surface area contributed by atoms with Gasteiger partial charge in [0.2, 0.25) is 5.75 Å². The number of methoxy groups -OCH3 is 4. The van der Waals surface area contributed by atoms with E-state index in [2.05, 4.69) is 39.9 Å². The van der Waals surface area contributed by atoms with E-state index < -0.39 is 8.32 Å². The molecule has 0 saturated heterocycles. The molecule has 3 rings (SSSR count). The van der Waals surface area contributed by atoms with Gasteiger partial charge in [-0.15, -0.1) is 0 Å². The second kappa shape index (κ2) is 10.6. The zero-order chi connectivity index (χ0) is 26.8. The molecule has 2 aromatic rings. The van der Waals surface area contributed by atoms with Crippen molar-refractivity contribution in [2.24, 2.45) is 5.92 Å². The summed E-state index contributed by atoms with van der Waals surface area (Å²) in [6.45, 7) is 12.7. The van der Waals surface area contributed by atoms with Gasteiger partial charge in [0, 0.05) is 11.5 Å². The molecule has 1 unspecified atom stereocenters. The molecule has 1 aliphatic rings. The van der Waals surface area contributed by atoms with Crippen LogP contribution in [0.15, 0.2) is 30.3 Å². The summed E-state index contributed by atoms with van der Waals surface area (Å²) in [6.07, 6.45) is 3.47. The third kappa shape index (κ3) is 5.26. The van der Waals surface area contributed by atoms with Gasteiger partial charge in [-0.25, -0.2) is 0 Å². The van der Waals surface area contributed by atoms with Crippen molar-refractivity contribution in [1.82, 2.24) is 0 Å². The highest BCUT2D eigenvalue weighted by molar-refractivity contribution is 6.74. The van der Waals surface area contributed by atoms with Crippen molar-refractivity contribution >= 4 is 19.7 Å². The fourth-order valence-corrected chi connectivity index (χ4v) is 5.31. The Morgan fingerprint density at radius 3 is 2.06 bits per heavy atom. The van der Waals surface area contributed by atoms with Gasteiger partial charge < -0.3 is 23.4 Å². The minimum atomic E-state index is -2.14. The molecular weight excluding hydrogens is 472 g/mol. The van der Waals surface area contributed by atoms with Gasteiger partial charge in [0.05, 0.1) is 28.4 Å². The average molecular weight is 513 g/mol. The summed E-state index contributed by atoms with van der Waals surface area (Å²) in [7, 11) is 4.36. The molecule has 0 fully saturated rings. The highest BCUT2D eigenvalue weighted by Gasteiger charge is 2.39. The molecule has 1 atom stereocenters. The highest BCUT2D eigenvalue weighted by atomic mass is 28.4. The van der Waals surface area contributed by atoms with Crippen LogP contribution >= 0.6 is 0 Å². The number of carbonyl (C=O) groups is 1. The van der Waals surface area contributed by atoms with Crippen LogP contribution in [0, 0.1) is 5.92 Å². The molecule has 0 heterocycles. The molecule has 0 N–H and O–H groups in total. The number of hydrogen-bond acceptors (Lipinski definition) is 6. The number of rotatable bonds is 8. The molecule has 1 aliphatic carbocycles. The lowest BCUT2D eigenvalue weighted by Gasteiger charge is -2.37. The van der Waals surface area contributed by atoms with Gasteiger partial charge >= 0.3 is 0 Å². The zero-order valence-electron chi connectivity index (χ0n) is 23.3. The SMILES string of the molecule is COc1ccc(C2=CC(C(C)=O)CCc3cc(OC)c(OC)c(OC)c32)cc1O[Si](C)(C)C(C)(C)C. The van der Waals surface area contributed by atoms with Crippen molar-refractivity contribution in [3.8, 4) is 28.7 Å². The van der Waals surface area contributed by atoms with Crippen LogP contribution in [0.4, 0.5) is 0 Å². The Bertz CT molecular complexity index is 1160. The summed E-state index contributed by atoms with van der Waals surface area (Å²) in [6, 6.07) is 7.95. The second-order valence-corrected chi connectivity index (χ2v) is 15.5. The number of Topliss-reactive ketones (excluding diaryl/α,β-unsaturated/α-hetero) is 1. The van der Waals surface area contributed by atoms with Crippen LogP contribution in [0.1, 0.15) is 50.8 Å². The Balaban J connectivity index is 2.30. The summed E-state index contributed by atoms with van der Waals surface area (Å²) in [5.41, 5.74) is 3.78. The van der Waals surface area contributed by atoms with E-state index in [9.17, 15) is 4.79 Å². The van der Waals surface area contributed by atoms with Gasteiger partial charge in [0.1, 0.15) is 11.5 Å². The molecule has 0 bridgehead atoms. The van der Waals surface area contributed by atoms with Crippen LogP contribution in [-0.4, -0.2) is 42.5 Å². The lowest BCUT2D eigenvalue weighted by Crippen LogP contribution is -2.43. The van der Waals surface area contributed by atoms with Gasteiger partial charge in [-0.05, 0) is 72.8 Å². The molecule has 0 amide bonds. The molecule has 7 heteroatoms. The van der Waals surface area contributed by atoms with E-state index in [1.165, 1.54) is 0 Å². The number of fused-ring (bicyclic) bond motifs is 1. The third-order valence-corrected chi connectivity index (χ3v) is 11.8. The summed E-state index contributed by atoms with van der Waals surface area (Å²) >= 11 is 0. The maximum absolute atomic E-state index is 12.6. The summed E-state index contributed by atoms with van der Waals surface area (Å²) in [5.74, 6) is 3.01. The van der Waals surface area contributed by atoms with Gasteiger partial charge in [-0.1, -0.05) is 32.9 Å². The smallest absolute Gasteiger partial charge is 0.250 e. The lowest BCUT2D eigenvalue weighted by atomic mass is 9.91. The van der Waals surface area contributed by atoms with Crippen LogP contribution in [0.5, 0.6) is 28.7 Å². The van der Waals surface area contributed by atoms with E-state index in [1.807, 2.05) is 24.3 Å². The van der Waals surface area contributed by atoms with Crippen LogP contribution in [0.25, 0.3) is 5.57 Å².